The lowest BCUT2D eigenvalue weighted by Gasteiger charge is -2.31. The standard InChI is InChI=1S/C17H14O7/c1-3-22-17(20)15-12-13(18)9-6-4-5-7-11(9)24-14(12)10(8-23-15)16(19)21-2/h4-8,14H,3H2,1-2H3. The third-order valence-electron chi connectivity index (χ3n) is 3.60. The summed E-state index contributed by atoms with van der Waals surface area (Å²) in [5, 5.41) is 0. The van der Waals surface area contributed by atoms with Crippen LogP contribution in [0.1, 0.15) is 17.3 Å². The van der Waals surface area contributed by atoms with Gasteiger partial charge in [-0.3, -0.25) is 4.79 Å². The van der Waals surface area contributed by atoms with Gasteiger partial charge in [0.05, 0.1) is 24.9 Å². The molecule has 1 aromatic rings. The molecule has 2 aliphatic rings. The molecule has 1 atom stereocenters. The van der Waals surface area contributed by atoms with Gasteiger partial charge in [-0.15, -0.1) is 0 Å². The van der Waals surface area contributed by atoms with Gasteiger partial charge in [-0.2, -0.15) is 0 Å². The highest BCUT2D eigenvalue weighted by Gasteiger charge is 2.44. The zero-order chi connectivity index (χ0) is 17.3. The van der Waals surface area contributed by atoms with Gasteiger partial charge in [0.15, 0.2) is 6.10 Å². The second-order valence-electron chi connectivity index (χ2n) is 4.97. The van der Waals surface area contributed by atoms with E-state index in [9.17, 15) is 14.4 Å². The number of hydrogen-bond donors (Lipinski definition) is 0. The summed E-state index contributed by atoms with van der Waals surface area (Å²) in [6, 6.07) is 6.55. The lowest BCUT2D eigenvalue weighted by atomic mass is 9.89. The Hall–Kier alpha value is -3.09. The second-order valence-corrected chi connectivity index (χ2v) is 4.97. The van der Waals surface area contributed by atoms with Crippen molar-refractivity contribution in [2.45, 2.75) is 13.0 Å². The fourth-order valence-electron chi connectivity index (χ4n) is 2.52. The smallest absolute Gasteiger partial charge is 0.374 e. The van der Waals surface area contributed by atoms with E-state index in [-0.39, 0.29) is 29.1 Å². The first-order valence-electron chi connectivity index (χ1n) is 7.25. The number of hydrogen-bond acceptors (Lipinski definition) is 7. The van der Waals surface area contributed by atoms with Crippen LogP contribution < -0.4 is 4.74 Å². The largest absolute Gasteiger partial charge is 0.480 e. The predicted molar refractivity (Wildman–Crippen MR) is 80.0 cm³/mol. The highest BCUT2D eigenvalue weighted by molar-refractivity contribution is 6.17. The number of para-hydroxylation sites is 1. The molecular weight excluding hydrogens is 316 g/mol. The average molecular weight is 330 g/mol. The number of methoxy groups -OCH3 is 1. The molecule has 0 saturated carbocycles. The SMILES string of the molecule is CCOC(=O)C1=C2C(=O)c3ccccc3OC2C(C(=O)OC)=CO1. The van der Waals surface area contributed by atoms with Crippen molar-refractivity contribution in [2.24, 2.45) is 0 Å². The molecule has 7 nitrogen and oxygen atoms in total. The number of carbonyl (C=O) groups excluding carboxylic acids is 3. The molecule has 1 unspecified atom stereocenters. The lowest BCUT2D eigenvalue weighted by molar-refractivity contribution is -0.143. The van der Waals surface area contributed by atoms with Crippen molar-refractivity contribution in [3.63, 3.8) is 0 Å². The maximum Gasteiger partial charge on any atom is 0.374 e. The molecule has 0 fully saturated rings. The van der Waals surface area contributed by atoms with E-state index in [1.807, 2.05) is 0 Å². The summed E-state index contributed by atoms with van der Waals surface area (Å²) < 4.78 is 20.6. The summed E-state index contributed by atoms with van der Waals surface area (Å²) in [5.41, 5.74) is 0.193. The van der Waals surface area contributed by atoms with E-state index in [0.717, 1.165) is 6.26 Å². The van der Waals surface area contributed by atoms with Crippen LogP contribution in [0, 0.1) is 0 Å². The van der Waals surface area contributed by atoms with Gasteiger partial charge in [-0.1, -0.05) is 12.1 Å². The predicted octanol–water partition coefficient (Wildman–Crippen LogP) is 1.53. The van der Waals surface area contributed by atoms with Gasteiger partial charge in [0.1, 0.15) is 17.6 Å². The van der Waals surface area contributed by atoms with E-state index in [4.69, 9.17) is 14.2 Å². The fraction of sp³-hybridized carbons (Fsp3) is 0.235. The normalized spacial score (nSPS) is 18.5. The molecule has 0 aromatic heterocycles. The van der Waals surface area contributed by atoms with Crippen molar-refractivity contribution in [1.82, 2.24) is 0 Å². The van der Waals surface area contributed by atoms with Crippen molar-refractivity contribution >= 4 is 17.7 Å². The van der Waals surface area contributed by atoms with E-state index in [1.54, 1.807) is 31.2 Å². The Bertz CT molecular complexity index is 788. The first-order valence-corrected chi connectivity index (χ1v) is 7.25. The zero-order valence-electron chi connectivity index (χ0n) is 13.0. The Balaban J connectivity index is 2.14. The van der Waals surface area contributed by atoms with Crippen LogP contribution in [0.3, 0.4) is 0 Å². The van der Waals surface area contributed by atoms with Crippen molar-refractivity contribution in [2.75, 3.05) is 13.7 Å². The first-order chi connectivity index (χ1) is 11.6. The zero-order valence-corrected chi connectivity index (χ0v) is 13.0. The fourth-order valence-corrected chi connectivity index (χ4v) is 2.52. The molecule has 0 bridgehead atoms. The van der Waals surface area contributed by atoms with Gasteiger partial charge in [0, 0.05) is 0 Å². The highest BCUT2D eigenvalue weighted by atomic mass is 16.6. The molecule has 0 amide bonds. The number of Topliss-reactive ketones (excluding diaryl/α,β-unsaturated/α-hetero) is 1. The minimum Gasteiger partial charge on any atom is -0.480 e. The van der Waals surface area contributed by atoms with Crippen LogP contribution in [0.4, 0.5) is 0 Å². The van der Waals surface area contributed by atoms with Gasteiger partial charge < -0.3 is 18.9 Å². The molecule has 0 aliphatic carbocycles. The lowest BCUT2D eigenvalue weighted by Crippen LogP contribution is -2.39. The molecule has 0 radical (unpaired) electrons. The number of benzene rings is 1. The molecule has 3 rings (SSSR count). The van der Waals surface area contributed by atoms with Gasteiger partial charge in [-0.25, -0.2) is 9.59 Å². The van der Waals surface area contributed by atoms with Crippen LogP contribution in [-0.4, -0.2) is 37.5 Å². The molecule has 124 valence electrons. The summed E-state index contributed by atoms with van der Waals surface area (Å²) in [4.78, 5) is 36.9. The summed E-state index contributed by atoms with van der Waals surface area (Å²) in [6.07, 6.45) is -0.0407. The van der Waals surface area contributed by atoms with E-state index in [2.05, 4.69) is 4.74 Å². The number of carbonyl (C=O) groups is 3. The minimum absolute atomic E-state index is 0.0107. The Morgan fingerprint density at radius 1 is 1.21 bits per heavy atom. The van der Waals surface area contributed by atoms with Crippen molar-refractivity contribution in [1.29, 1.82) is 0 Å². The first kappa shape index (κ1) is 15.8. The van der Waals surface area contributed by atoms with Crippen LogP contribution in [0.25, 0.3) is 0 Å². The van der Waals surface area contributed by atoms with Crippen LogP contribution >= 0.6 is 0 Å². The molecule has 2 aliphatic heterocycles. The summed E-state index contributed by atoms with van der Waals surface area (Å²) >= 11 is 0. The minimum atomic E-state index is -1.09. The van der Waals surface area contributed by atoms with Crippen molar-refractivity contribution < 1.29 is 33.3 Å². The molecule has 0 saturated heterocycles. The van der Waals surface area contributed by atoms with Crippen LogP contribution in [0.5, 0.6) is 5.75 Å². The maximum atomic E-state index is 12.8. The number of ether oxygens (including phenoxy) is 4. The van der Waals surface area contributed by atoms with E-state index in [1.165, 1.54) is 7.11 Å². The third kappa shape index (κ3) is 2.44. The van der Waals surface area contributed by atoms with E-state index < -0.39 is 23.8 Å². The Morgan fingerprint density at radius 2 is 1.96 bits per heavy atom. The highest BCUT2D eigenvalue weighted by Crippen LogP contribution is 2.37. The average Bonchev–Trinajstić information content (AvgIpc) is 2.60. The Kier molecular flexibility index (Phi) is 4.07. The second kappa shape index (κ2) is 6.19. The molecule has 7 heteroatoms. The topological polar surface area (TPSA) is 88.1 Å². The summed E-state index contributed by atoms with van der Waals surface area (Å²) in [7, 11) is 1.20. The van der Waals surface area contributed by atoms with Gasteiger partial charge in [0.25, 0.3) is 0 Å². The number of esters is 2. The quantitative estimate of drug-likeness (QED) is 0.777. The Morgan fingerprint density at radius 3 is 2.67 bits per heavy atom. The van der Waals surface area contributed by atoms with Crippen LogP contribution in [0.2, 0.25) is 0 Å². The third-order valence-corrected chi connectivity index (χ3v) is 3.60. The monoisotopic (exact) mass is 330 g/mol. The molecule has 0 spiro atoms. The number of rotatable bonds is 3. The van der Waals surface area contributed by atoms with Crippen molar-refractivity contribution in [3.05, 3.63) is 53.0 Å². The number of fused-ring (bicyclic) bond motifs is 2. The summed E-state index contributed by atoms with van der Waals surface area (Å²) in [5.74, 6) is -1.94. The molecule has 0 N–H and O–H groups in total. The molecule has 1 aromatic carbocycles. The van der Waals surface area contributed by atoms with Crippen LogP contribution in [-0.2, 0) is 23.8 Å². The Labute approximate surface area is 137 Å². The molecule has 24 heavy (non-hydrogen) atoms. The summed E-state index contributed by atoms with van der Waals surface area (Å²) in [6.45, 7) is 1.75. The van der Waals surface area contributed by atoms with Gasteiger partial charge in [-0.05, 0) is 19.1 Å². The number of ketones is 1. The maximum absolute atomic E-state index is 12.8. The van der Waals surface area contributed by atoms with Gasteiger partial charge >= 0.3 is 11.9 Å². The molecular formula is C17H14O7. The molecule has 2 heterocycles. The van der Waals surface area contributed by atoms with Crippen molar-refractivity contribution in [3.8, 4) is 5.75 Å². The van der Waals surface area contributed by atoms with Crippen LogP contribution in [0.15, 0.2) is 47.4 Å². The van der Waals surface area contributed by atoms with E-state index in [0.29, 0.717) is 5.75 Å². The van der Waals surface area contributed by atoms with E-state index >= 15 is 0 Å². The van der Waals surface area contributed by atoms with Gasteiger partial charge in [0.2, 0.25) is 11.5 Å².